The van der Waals surface area contributed by atoms with E-state index < -0.39 is 0 Å². The lowest BCUT2D eigenvalue weighted by Crippen LogP contribution is -2.95. The van der Waals surface area contributed by atoms with Gasteiger partial charge in [0.2, 0.25) is 0 Å². The van der Waals surface area contributed by atoms with Gasteiger partial charge in [-0.3, -0.25) is 4.79 Å². The van der Waals surface area contributed by atoms with Crippen molar-refractivity contribution in [3.63, 3.8) is 0 Å². The van der Waals surface area contributed by atoms with Gasteiger partial charge in [-0.1, -0.05) is 0 Å². The van der Waals surface area contributed by atoms with Crippen LogP contribution >= 0.6 is 0 Å². The van der Waals surface area contributed by atoms with E-state index in [9.17, 15) is 4.79 Å². The highest BCUT2D eigenvalue weighted by Crippen LogP contribution is 1.87. The van der Waals surface area contributed by atoms with Gasteiger partial charge in [0.05, 0.1) is 5.54 Å². The van der Waals surface area contributed by atoms with Crippen LogP contribution in [0.5, 0.6) is 0 Å². The van der Waals surface area contributed by atoms with Gasteiger partial charge in [0.15, 0.2) is 5.78 Å². The SMILES string of the molecule is CC(=O)C[NH2+]C(C)(C)C. The lowest BCUT2D eigenvalue weighted by Gasteiger charge is -2.14. The molecule has 0 rings (SSSR count). The Bertz CT molecular complexity index is 102. The fraction of sp³-hybridized carbons (Fsp3) is 0.857. The van der Waals surface area contributed by atoms with E-state index in [1.54, 1.807) is 6.92 Å². The van der Waals surface area contributed by atoms with Crippen molar-refractivity contribution < 1.29 is 10.1 Å². The van der Waals surface area contributed by atoms with Crippen molar-refractivity contribution in [1.82, 2.24) is 0 Å². The van der Waals surface area contributed by atoms with Gasteiger partial charge in [-0.2, -0.15) is 0 Å². The summed E-state index contributed by atoms with van der Waals surface area (Å²) < 4.78 is 0. The number of hydrogen-bond donors (Lipinski definition) is 1. The number of hydrogen-bond acceptors (Lipinski definition) is 1. The summed E-state index contributed by atoms with van der Waals surface area (Å²) in [6.45, 7) is 8.49. The number of quaternary nitrogens is 1. The van der Waals surface area contributed by atoms with Crippen molar-refractivity contribution >= 4 is 5.78 Å². The molecule has 0 saturated heterocycles. The quantitative estimate of drug-likeness (QED) is 0.558. The zero-order valence-corrected chi connectivity index (χ0v) is 6.69. The van der Waals surface area contributed by atoms with Gasteiger partial charge in [-0.05, 0) is 20.8 Å². The molecule has 0 unspecified atom stereocenters. The lowest BCUT2D eigenvalue weighted by molar-refractivity contribution is -0.707. The van der Waals surface area contributed by atoms with Gasteiger partial charge in [-0.15, -0.1) is 0 Å². The molecule has 0 aliphatic rings. The first kappa shape index (κ1) is 8.63. The molecule has 0 amide bonds. The van der Waals surface area contributed by atoms with E-state index in [0.717, 1.165) is 0 Å². The molecule has 2 nitrogen and oxygen atoms in total. The third-order valence-electron chi connectivity index (χ3n) is 1.00. The van der Waals surface area contributed by atoms with Gasteiger partial charge in [0.1, 0.15) is 6.54 Å². The molecule has 0 aromatic rings. The zero-order chi connectivity index (χ0) is 7.49. The first-order chi connectivity index (χ1) is 3.92. The minimum Gasteiger partial charge on any atom is -0.336 e. The van der Waals surface area contributed by atoms with Crippen molar-refractivity contribution in [3.05, 3.63) is 0 Å². The number of carbonyl (C=O) groups excluding carboxylic acids is 1. The fourth-order valence-electron chi connectivity index (χ4n) is 0.450. The molecule has 0 aliphatic carbocycles. The van der Waals surface area contributed by atoms with E-state index in [2.05, 4.69) is 20.8 Å². The van der Waals surface area contributed by atoms with Crippen LogP contribution in [0.2, 0.25) is 0 Å². The highest BCUT2D eigenvalue weighted by atomic mass is 16.1. The van der Waals surface area contributed by atoms with E-state index in [1.165, 1.54) is 0 Å². The molecule has 0 bridgehead atoms. The largest absolute Gasteiger partial charge is 0.336 e. The van der Waals surface area contributed by atoms with Crippen LogP contribution in [0.1, 0.15) is 27.7 Å². The molecule has 0 aromatic heterocycles. The molecule has 0 heterocycles. The average molecular weight is 130 g/mol. The molecule has 9 heavy (non-hydrogen) atoms. The van der Waals surface area contributed by atoms with E-state index in [0.29, 0.717) is 6.54 Å². The van der Waals surface area contributed by atoms with Crippen molar-refractivity contribution in [1.29, 1.82) is 0 Å². The standard InChI is InChI=1S/C7H15NO/c1-6(9)5-8-7(2,3)4/h8H,5H2,1-4H3/p+1. The van der Waals surface area contributed by atoms with Crippen LogP contribution in [0, 0.1) is 0 Å². The van der Waals surface area contributed by atoms with E-state index in [-0.39, 0.29) is 11.3 Å². The third-order valence-corrected chi connectivity index (χ3v) is 1.00. The number of carbonyl (C=O) groups is 1. The Morgan fingerprint density at radius 1 is 1.44 bits per heavy atom. The Labute approximate surface area is 56.6 Å². The third kappa shape index (κ3) is 7.63. The Balaban J connectivity index is 3.39. The summed E-state index contributed by atoms with van der Waals surface area (Å²) in [6, 6.07) is 0. The normalized spacial score (nSPS) is 11.6. The van der Waals surface area contributed by atoms with Crippen LogP contribution in [0.15, 0.2) is 0 Å². The average Bonchev–Trinajstić information content (AvgIpc) is 1.59. The number of rotatable bonds is 2. The number of ketones is 1. The molecule has 0 saturated carbocycles. The molecule has 0 fully saturated rings. The molecule has 0 spiro atoms. The van der Waals surface area contributed by atoms with Crippen molar-refractivity contribution in [2.24, 2.45) is 0 Å². The summed E-state index contributed by atoms with van der Waals surface area (Å²) in [5.74, 6) is 0.241. The summed E-state index contributed by atoms with van der Waals surface area (Å²) >= 11 is 0. The van der Waals surface area contributed by atoms with Crippen molar-refractivity contribution in [2.45, 2.75) is 33.2 Å². The van der Waals surface area contributed by atoms with Crippen molar-refractivity contribution in [3.8, 4) is 0 Å². The fourth-order valence-corrected chi connectivity index (χ4v) is 0.450. The number of nitrogens with two attached hydrogens (primary N) is 1. The predicted octanol–water partition coefficient (Wildman–Crippen LogP) is -0.0627. The second-order valence-corrected chi connectivity index (χ2v) is 3.48. The highest BCUT2D eigenvalue weighted by Gasteiger charge is 2.12. The second-order valence-electron chi connectivity index (χ2n) is 3.48. The van der Waals surface area contributed by atoms with Gasteiger partial charge < -0.3 is 5.32 Å². The molecular formula is C7H16NO+. The molecule has 54 valence electrons. The predicted molar refractivity (Wildman–Crippen MR) is 37.2 cm³/mol. The molecule has 0 atom stereocenters. The smallest absolute Gasteiger partial charge is 0.183 e. The molecule has 0 aliphatic heterocycles. The summed E-state index contributed by atoms with van der Waals surface area (Å²) in [7, 11) is 0. The summed E-state index contributed by atoms with van der Waals surface area (Å²) in [5, 5.41) is 2.04. The van der Waals surface area contributed by atoms with Gasteiger partial charge >= 0.3 is 0 Å². The molecule has 2 N–H and O–H groups in total. The first-order valence-electron chi connectivity index (χ1n) is 3.25. The Morgan fingerprint density at radius 2 is 1.89 bits per heavy atom. The van der Waals surface area contributed by atoms with Crippen LogP contribution in [0.3, 0.4) is 0 Å². The van der Waals surface area contributed by atoms with Crippen LogP contribution < -0.4 is 5.32 Å². The second kappa shape index (κ2) is 2.97. The molecule has 2 heteroatoms. The minimum atomic E-state index is 0.186. The topological polar surface area (TPSA) is 33.7 Å². The maximum atomic E-state index is 10.5. The summed E-state index contributed by atoms with van der Waals surface area (Å²) in [4.78, 5) is 10.5. The van der Waals surface area contributed by atoms with Gasteiger partial charge in [0, 0.05) is 6.92 Å². The molecule has 0 aromatic carbocycles. The monoisotopic (exact) mass is 130 g/mol. The lowest BCUT2D eigenvalue weighted by atomic mass is 10.1. The Morgan fingerprint density at radius 3 is 2.00 bits per heavy atom. The Hall–Kier alpha value is -0.370. The van der Waals surface area contributed by atoms with Gasteiger partial charge in [0.25, 0.3) is 0 Å². The van der Waals surface area contributed by atoms with Crippen LogP contribution in [-0.4, -0.2) is 17.9 Å². The van der Waals surface area contributed by atoms with Crippen LogP contribution in [0.4, 0.5) is 0 Å². The van der Waals surface area contributed by atoms with Gasteiger partial charge in [-0.25, -0.2) is 0 Å². The minimum absolute atomic E-state index is 0.186. The van der Waals surface area contributed by atoms with E-state index >= 15 is 0 Å². The Kier molecular flexibility index (Phi) is 2.85. The summed E-state index contributed by atoms with van der Waals surface area (Å²) in [6.07, 6.45) is 0. The summed E-state index contributed by atoms with van der Waals surface area (Å²) in [5.41, 5.74) is 0.186. The molecular weight excluding hydrogens is 114 g/mol. The highest BCUT2D eigenvalue weighted by molar-refractivity contribution is 5.76. The van der Waals surface area contributed by atoms with E-state index in [4.69, 9.17) is 0 Å². The first-order valence-corrected chi connectivity index (χ1v) is 3.25. The van der Waals surface area contributed by atoms with E-state index in [1.807, 2.05) is 5.32 Å². The van der Waals surface area contributed by atoms with Crippen LogP contribution in [0.25, 0.3) is 0 Å². The zero-order valence-electron chi connectivity index (χ0n) is 6.69. The maximum Gasteiger partial charge on any atom is 0.183 e. The van der Waals surface area contributed by atoms with Crippen molar-refractivity contribution in [2.75, 3.05) is 6.54 Å². The maximum absolute atomic E-state index is 10.5. The number of Topliss-reactive ketones (excluding diaryl/α,β-unsaturated/α-hetero) is 1. The molecule has 0 radical (unpaired) electrons. The van der Waals surface area contributed by atoms with Crippen LogP contribution in [-0.2, 0) is 4.79 Å².